The van der Waals surface area contributed by atoms with Crippen LogP contribution in [-0.4, -0.2) is 15.9 Å². The molecule has 0 aliphatic rings. The maximum Gasteiger partial charge on any atom is 0.270 e. The molecule has 21 heavy (non-hydrogen) atoms. The van der Waals surface area contributed by atoms with Gasteiger partial charge in [-0.2, -0.15) is 0 Å². The highest BCUT2D eigenvalue weighted by Gasteiger charge is 2.13. The van der Waals surface area contributed by atoms with Crippen LogP contribution in [0.15, 0.2) is 47.1 Å². The molecular weight excluding hydrogens is 350 g/mol. The lowest BCUT2D eigenvalue weighted by atomic mass is 10.1. The van der Waals surface area contributed by atoms with E-state index in [1.807, 2.05) is 31.2 Å². The summed E-state index contributed by atoms with van der Waals surface area (Å²) < 4.78 is 0.972. The van der Waals surface area contributed by atoms with Crippen molar-refractivity contribution in [1.29, 1.82) is 0 Å². The molecule has 1 amide bonds. The van der Waals surface area contributed by atoms with Gasteiger partial charge in [0.05, 0.1) is 6.04 Å². The van der Waals surface area contributed by atoms with Crippen LogP contribution in [0.4, 0.5) is 0 Å². The number of pyridine rings is 1. The van der Waals surface area contributed by atoms with Crippen molar-refractivity contribution in [3.8, 4) is 0 Å². The van der Waals surface area contributed by atoms with Crippen LogP contribution >= 0.6 is 28.1 Å². The molecule has 4 nitrogen and oxygen atoms in total. The predicted octanol–water partition coefficient (Wildman–Crippen LogP) is 2.97. The summed E-state index contributed by atoms with van der Waals surface area (Å²) in [6.07, 6.45) is 1.50. The average molecular weight is 364 g/mol. The van der Waals surface area contributed by atoms with Crippen LogP contribution in [0.5, 0.6) is 0 Å². The number of hydrogen-bond acceptors (Lipinski definition) is 3. The lowest BCUT2D eigenvalue weighted by Crippen LogP contribution is -2.27. The van der Waals surface area contributed by atoms with Gasteiger partial charge in [0.1, 0.15) is 10.7 Å². The van der Waals surface area contributed by atoms with E-state index < -0.39 is 0 Å². The van der Waals surface area contributed by atoms with Gasteiger partial charge in [0.25, 0.3) is 5.91 Å². The lowest BCUT2D eigenvalue weighted by Gasteiger charge is -2.14. The second kappa shape index (κ2) is 6.78. The summed E-state index contributed by atoms with van der Waals surface area (Å²) in [5.74, 6) is -0.239. The van der Waals surface area contributed by atoms with Gasteiger partial charge < -0.3 is 11.1 Å². The molecule has 1 heterocycles. The van der Waals surface area contributed by atoms with Crippen molar-refractivity contribution in [3.63, 3.8) is 0 Å². The second-order valence-electron chi connectivity index (χ2n) is 4.55. The Labute approximate surface area is 136 Å². The van der Waals surface area contributed by atoms with E-state index in [9.17, 15) is 4.79 Å². The minimum absolute atomic E-state index is 0.118. The van der Waals surface area contributed by atoms with Crippen molar-refractivity contribution < 1.29 is 4.79 Å². The van der Waals surface area contributed by atoms with E-state index in [0.29, 0.717) is 11.3 Å². The SMILES string of the molecule is CC(NC(=O)c1ccc(C(N)=S)cn1)c1cccc(Br)c1. The molecule has 0 saturated carbocycles. The average Bonchev–Trinajstić information content (AvgIpc) is 2.47. The largest absolute Gasteiger partial charge is 0.389 e. The van der Waals surface area contributed by atoms with Gasteiger partial charge in [0, 0.05) is 16.2 Å². The topological polar surface area (TPSA) is 68.0 Å². The van der Waals surface area contributed by atoms with Gasteiger partial charge in [-0.1, -0.05) is 40.3 Å². The predicted molar refractivity (Wildman–Crippen MR) is 90.1 cm³/mol. The van der Waals surface area contributed by atoms with E-state index in [1.165, 1.54) is 6.20 Å². The zero-order valence-electron chi connectivity index (χ0n) is 11.3. The molecular formula is C15H14BrN3OS. The number of aromatic nitrogens is 1. The summed E-state index contributed by atoms with van der Waals surface area (Å²) in [5.41, 5.74) is 7.48. The number of nitrogens with two attached hydrogens (primary N) is 1. The summed E-state index contributed by atoms with van der Waals surface area (Å²) in [6.45, 7) is 1.92. The van der Waals surface area contributed by atoms with E-state index in [1.54, 1.807) is 12.1 Å². The fraction of sp³-hybridized carbons (Fsp3) is 0.133. The van der Waals surface area contributed by atoms with Crippen molar-refractivity contribution >= 4 is 39.0 Å². The van der Waals surface area contributed by atoms with Gasteiger partial charge >= 0.3 is 0 Å². The van der Waals surface area contributed by atoms with Gasteiger partial charge in [-0.3, -0.25) is 9.78 Å². The molecule has 3 N–H and O–H groups in total. The minimum Gasteiger partial charge on any atom is -0.389 e. The third kappa shape index (κ3) is 4.09. The molecule has 2 aromatic rings. The number of carbonyl (C=O) groups excluding carboxylic acids is 1. The Morgan fingerprint density at radius 3 is 2.71 bits per heavy atom. The quantitative estimate of drug-likeness (QED) is 0.819. The maximum absolute atomic E-state index is 12.1. The number of carbonyl (C=O) groups is 1. The van der Waals surface area contributed by atoms with E-state index in [-0.39, 0.29) is 16.9 Å². The number of amides is 1. The molecule has 1 aromatic heterocycles. The summed E-state index contributed by atoms with van der Waals surface area (Å²) in [4.78, 5) is 16.5. The molecule has 0 saturated heterocycles. The standard InChI is InChI=1S/C15H14BrN3OS/c1-9(10-3-2-4-12(16)7-10)19-15(20)13-6-5-11(8-18-13)14(17)21/h2-9H,1H3,(H2,17,21)(H,19,20). The number of halogens is 1. The highest BCUT2D eigenvalue weighted by atomic mass is 79.9. The van der Waals surface area contributed by atoms with Gasteiger partial charge in [0.2, 0.25) is 0 Å². The lowest BCUT2D eigenvalue weighted by molar-refractivity contribution is 0.0935. The van der Waals surface area contributed by atoms with Gasteiger partial charge in [-0.05, 0) is 36.8 Å². The summed E-state index contributed by atoms with van der Waals surface area (Å²) in [6, 6.07) is 11.0. The molecule has 0 bridgehead atoms. The molecule has 1 unspecified atom stereocenters. The number of hydrogen-bond donors (Lipinski definition) is 2. The Kier molecular flexibility index (Phi) is 5.03. The smallest absolute Gasteiger partial charge is 0.270 e. The third-order valence-electron chi connectivity index (χ3n) is 2.98. The molecule has 0 fully saturated rings. The summed E-state index contributed by atoms with van der Waals surface area (Å²) in [5, 5.41) is 2.90. The van der Waals surface area contributed by atoms with Crippen LogP contribution in [0.3, 0.4) is 0 Å². The van der Waals surface area contributed by atoms with Crippen LogP contribution in [0.25, 0.3) is 0 Å². The number of nitrogens with zero attached hydrogens (tertiary/aromatic N) is 1. The van der Waals surface area contributed by atoms with Gasteiger partial charge in [-0.15, -0.1) is 0 Å². The number of thiocarbonyl (C=S) groups is 1. The van der Waals surface area contributed by atoms with Crippen LogP contribution in [0.2, 0.25) is 0 Å². The molecule has 1 aromatic carbocycles. The van der Waals surface area contributed by atoms with E-state index >= 15 is 0 Å². The zero-order chi connectivity index (χ0) is 15.4. The first kappa shape index (κ1) is 15.6. The van der Waals surface area contributed by atoms with Crippen molar-refractivity contribution in [2.24, 2.45) is 5.73 Å². The Morgan fingerprint density at radius 1 is 1.38 bits per heavy atom. The normalized spacial score (nSPS) is 11.7. The first-order chi connectivity index (χ1) is 9.97. The molecule has 2 rings (SSSR count). The summed E-state index contributed by atoms with van der Waals surface area (Å²) in [7, 11) is 0. The molecule has 0 aliphatic heterocycles. The van der Waals surface area contributed by atoms with Crippen molar-refractivity contribution in [2.45, 2.75) is 13.0 Å². The molecule has 0 spiro atoms. The molecule has 6 heteroatoms. The van der Waals surface area contributed by atoms with Crippen LogP contribution in [0, 0.1) is 0 Å². The van der Waals surface area contributed by atoms with Crippen LogP contribution < -0.4 is 11.1 Å². The number of nitrogens with one attached hydrogen (secondary N) is 1. The van der Waals surface area contributed by atoms with E-state index in [0.717, 1.165) is 10.0 Å². The highest BCUT2D eigenvalue weighted by molar-refractivity contribution is 9.10. The van der Waals surface area contributed by atoms with E-state index in [4.69, 9.17) is 18.0 Å². The maximum atomic E-state index is 12.1. The fourth-order valence-electron chi connectivity index (χ4n) is 1.80. The van der Waals surface area contributed by atoms with Crippen molar-refractivity contribution in [2.75, 3.05) is 0 Å². The third-order valence-corrected chi connectivity index (χ3v) is 3.71. The monoisotopic (exact) mass is 363 g/mol. The zero-order valence-corrected chi connectivity index (χ0v) is 13.7. The number of rotatable bonds is 4. The first-order valence-corrected chi connectivity index (χ1v) is 7.49. The van der Waals surface area contributed by atoms with Crippen LogP contribution in [0.1, 0.15) is 34.6 Å². The molecule has 0 radical (unpaired) electrons. The Balaban J connectivity index is 2.08. The van der Waals surface area contributed by atoms with Crippen molar-refractivity contribution in [3.05, 3.63) is 63.9 Å². The molecule has 0 aliphatic carbocycles. The Hall–Kier alpha value is -1.79. The van der Waals surface area contributed by atoms with Crippen LogP contribution in [-0.2, 0) is 0 Å². The van der Waals surface area contributed by atoms with E-state index in [2.05, 4.69) is 26.2 Å². The van der Waals surface area contributed by atoms with Gasteiger partial charge in [0.15, 0.2) is 0 Å². The summed E-state index contributed by atoms with van der Waals surface area (Å²) >= 11 is 8.26. The Morgan fingerprint density at radius 2 is 2.14 bits per heavy atom. The second-order valence-corrected chi connectivity index (χ2v) is 5.90. The highest BCUT2D eigenvalue weighted by Crippen LogP contribution is 2.18. The minimum atomic E-state index is -0.239. The fourth-order valence-corrected chi connectivity index (χ4v) is 2.34. The number of benzene rings is 1. The first-order valence-electron chi connectivity index (χ1n) is 6.29. The Bertz CT molecular complexity index is 673. The van der Waals surface area contributed by atoms with Crippen molar-refractivity contribution in [1.82, 2.24) is 10.3 Å². The van der Waals surface area contributed by atoms with Gasteiger partial charge in [-0.25, -0.2) is 0 Å². The molecule has 1 atom stereocenters. The molecule has 108 valence electrons.